The molecule has 0 heterocycles. The van der Waals surface area contributed by atoms with Gasteiger partial charge in [0.2, 0.25) is 0 Å². The highest BCUT2D eigenvalue weighted by Crippen LogP contribution is 2.05. The molecule has 0 saturated heterocycles. The molecule has 0 fully saturated rings. The van der Waals surface area contributed by atoms with E-state index in [1.807, 2.05) is 31.2 Å². The maximum atomic E-state index is 9.02. The van der Waals surface area contributed by atoms with E-state index in [1.165, 1.54) is 0 Å². The van der Waals surface area contributed by atoms with Gasteiger partial charge in [0.25, 0.3) is 0 Å². The monoisotopic (exact) mass is 200 g/mol. The lowest BCUT2D eigenvalue weighted by Crippen LogP contribution is -2.09. The zero-order valence-electron chi connectivity index (χ0n) is 8.63. The quantitative estimate of drug-likeness (QED) is 0.534. The van der Waals surface area contributed by atoms with E-state index in [1.54, 1.807) is 0 Å². The Kier molecular flexibility index (Phi) is 8.53. The maximum Gasteiger partial charge on any atom is 0.0805 e. The average Bonchev–Trinajstić information content (AvgIpc) is 2.22. The van der Waals surface area contributed by atoms with Gasteiger partial charge in [0.1, 0.15) is 0 Å². The van der Waals surface area contributed by atoms with Crippen molar-refractivity contribution in [1.82, 2.24) is 0 Å². The van der Waals surface area contributed by atoms with Crippen LogP contribution in [0.3, 0.4) is 0 Å². The minimum atomic E-state index is -0.666. The third kappa shape index (κ3) is 6.83. The molecule has 0 aromatic heterocycles. The largest absolute Gasteiger partial charge is 0.396 e. The molecule has 82 valence electrons. The Morgan fingerprint density at radius 3 is 2.21 bits per heavy atom. The standard InChI is InChI=1S/C11H20O3/c1-2-5-10(8-12)6-3-4-7-11(14)9-13/h2-5,10-14H,6-9H2,1H3. The summed E-state index contributed by atoms with van der Waals surface area (Å²) in [4.78, 5) is 0. The van der Waals surface area contributed by atoms with Crippen LogP contribution in [0.25, 0.3) is 0 Å². The summed E-state index contributed by atoms with van der Waals surface area (Å²) in [5.74, 6) is 0.155. The fraction of sp³-hybridized carbons (Fsp3) is 0.636. The summed E-state index contributed by atoms with van der Waals surface area (Å²) in [6, 6.07) is 0. The predicted octanol–water partition coefficient (Wildman–Crippen LogP) is 0.861. The van der Waals surface area contributed by atoms with Gasteiger partial charge in [-0.05, 0) is 19.8 Å². The highest BCUT2D eigenvalue weighted by Gasteiger charge is 2.00. The topological polar surface area (TPSA) is 60.7 Å². The first kappa shape index (κ1) is 13.4. The molecule has 0 spiro atoms. The molecule has 2 atom stereocenters. The van der Waals surface area contributed by atoms with Crippen molar-refractivity contribution in [3.63, 3.8) is 0 Å². The molecule has 0 bridgehead atoms. The molecule has 3 heteroatoms. The van der Waals surface area contributed by atoms with Gasteiger partial charge >= 0.3 is 0 Å². The predicted molar refractivity (Wildman–Crippen MR) is 56.9 cm³/mol. The number of rotatable bonds is 7. The summed E-state index contributed by atoms with van der Waals surface area (Å²) in [7, 11) is 0. The SMILES string of the molecule is CC=CC(CO)CC=CCC(O)CO. The molecule has 3 N–H and O–H groups in total. The number of hydrogen-bond donors (Lipinski definition) is 3. The molecule has 2 unspecified atom stereocenters. The fourth-order valence-corrected chi connectivity index (χ4v) is 1.08. The molecule has 0 aliphatic carbocycles. The first-order valence-corrected chi connectivity index (χ1v) is 4.92. The molecule has 0 rings (SSSR count). The minimum absolute atomic E-state index is 0.136. The molecule has 3 nitrogen and oxygen atoms in total. The summed E-state index contributed by atoms with van der Waals surface area (Å²) in [6.07, 6.45) is 8.17. The summed E-state index contributed by atoms with van der Waals surface area (Å²) in [5, 5.41) is 26.5. The third-order valence-corrected chi connectivity index (χ3v) is 1.92. The lowest BCUT2D eigenvalue weighted by atomic mass is 10.1. The van der Waals surface area contributed by atoms with Crippen LogP contribution in [0.15, 0.2) is 24.3 Å². The van der Waals surface area contributed by atoms with E-state index in [0.717, 1.165) is 6.42 Å². The van der Waals surface area contributed by atoms with Crippen LogP contribution >= 0.6 is 0 Å². The second kappa shape index (κ2) is 8.94. The molecule has 0 aromatic carbocycles. The smallest absolute Gasteiger partial charge is 0.0805 e. The Balaban J connectivity index is 3.67. The number of hydrogen-bond acceptors (Lipinski definition) is 3. The van der Waals surface area contributed by atoms with Crippen molar-refractivity contribution in [2.24, 2.45) is 5.92 Å². The molecule has 0 aliphatic rings. The molecule has 0 saturated carbocycles. The Morgan fingerprint density at radius 1 is 1.07 bits per heavy atom. The Labute approximate surface area is 85.4 Å². The van der Waals surface area contributed by atoms with Gasteiger partial charge in [-0.3, -0.25) is 0 Å². The molecule has 14 heavy (non-hydrogen) atoms. The van der Waals surface area contributed by atoms with Gasteiger partial charge in [-0.25, -0.2) is 0 Å². The van der Waals surface area contributed by atoms with E-state index in [2.05, 4.69) is 0 Å². The van der Waals surface area contributed by atoms with Gasteiger partial charge in [-0.2, -0.15) is 0 Å². The molecule has 0 aromatic rings. The van der Waals surface area contributed by atoms with Gasteiger partial charge in [0.15, 0.2) is 0 Å². The van der Waals surface area contributed by atoms with Crippen molar-refractivity contribution in [2.45, 2.75) is 25.9 Å². The van der Waals surface area contributed by atoms with Crippen molar-refractivity contribution in [2.75, 3.05) is 13.2 Å². The summed E-state index contributed by atoms with van der Waals surface area (Å²) in [5.41, 5.74) is 0. The molecule has 0 aliphatic heterocycles. The second-order valence-electron chi connectivity index (χ2n) is 3.25. The van der Waals surface area contributed by atoms with E-state index < -0.39 is 6.10 Å². The summed E-state index contributed by atoms with van der Waals surface area (Å²) in [6.45, 7) is 1.85. The average molecular weight is 200 g/mol. The molecule has 0 radical (unpaired) electrons. The molecular weight excluding hydrogens is 180 g/mol. The lowest BCUT2D eigenvalue weighted by molar-refractivity contribution is 0.0975. The summed E-state index contributed by atoms with van der Waals surface area (Å²) < 4.78 is 0. The van der Waals surface area contributed by atoms with Crippen LogP contribution in [-0.4, -0.2) is 34.6 Å². The zero-order valence-corrected chi connectivity index (χ0v) is 8.63. The second-order valence-corrected chi connectivity index (χ2v) is 3.25. The van der Waals surface area contributed by atoms with Gasteiger partial charge in [0.05, 0.1) is 12.7 Å². The van der Waals surface area contributed by atoms with E-state index in [-0.39, 0.29) is 19.1 Å². The number of allylic oxidation sites excluding steroid dienone is 2. The Morgan fingerprint density at radius 2 is 1.71 bits per heavy atom. The summed E-state index contributed by atoms with van der Waals surface area (Å²) >= 11 is 0. The van der Waals surface area contributed by atoms with Crippen LogP contribution in [0, 0.1) is 5.92 Å². The first-order chi connectivity index (χ1) is 6.74. The third-order valence-electron chi connectivity index (χ3n) is 1.92. The number of aliphatic hydroxyl groups is 3. The van der Waals surface area contributed by atoms with E-state index in [9.17, 15) is 0 Å². The van der Waals surface area contributed by atoms with Gasteiger partial charge in [-0.15, -0.1) is 0 Å². The van der Waals surface area contributed by atoms with Gasteiger partial charge < -0.3 is 15.3 Å². The molecular formula is C11H20O3. The van der Waals surface area contributed by atoms with Crippen LogP contribution < -0.4 is 0 Å². The normalized spacial score (nSPS) is 16.6. The van der Waals surface area contributed by atoms with Crippen LogP contribution in [0.5, 0.6) is 0 Å². The van der Waals surface area contributed by atoms with Crippen molar-refractivity contribution in [3.05, 3.63) is 24.3 Å². The van der Waals surface area contributed by atoms with Crippen LogP contribution in [0.4, 0.5) is 0 Å². The highest BCUT2D eigenvalue weighted by atomic mass is 16.3. The lowest BCUT2D eigenvalue weighted by Gasteiger charge is -2.05. The van der Waals surface area contributed by atoms with E-state index >= 15 is 0 Å². The van der Waals surface area contributed by atoms with Crippen molar-refractivity contribution in [3.8, 4) is 0 Å². The highest BCUT2D eigenvalue weighted by molar-refractivity contribution is 4.93. The minimum Gasteiger partial charge on any atom is -0.396 e. The first-order valence-electron chi connectivity index (χ1n) is 4.92. The fourth-order valence-electron chi connectivity index (χ4n) is 1.08. The van der Waals surface area contributed by atoms with Crippen LogP contribution in [-0.2, 0) is 0 Å². The Hall–Kier alpha value is -0.640. The van der Waals surface area contributed by atoms with Crippen molar-refractivity contribution >= 4 is 0 Å². The maximum absolute atomic E-state index is 9.02. The zero-order chi connectivity index (χ0) is 10.8. The van der Waals surface area contributed by atoms with Gasteiger partial charge in [0, 0.05) is 12.5 Å². The number of aliphatic hydroxyl groups excluding tert-OH is 3. The van der Waals surface area contributed by atoms with E-state index in [0.29, 0.717) is 6.42 Å². The Bertz CT molecular complexity index is 175. The van der Waals surface area contributed by atoms with Crippen LogP contribution in [0.2, 0.25) is 0 Å². The van der Waals surface area contributed by atoms with Crippen molar-refractivity contribution < 1.29 is 15.3 Å². The van der Waals surface area contributed by atoms with E-state index in [4.69, 9.17) is 15.3 Å². The van der Waals surface area contributed by atoms with Crippen molar-refractivity contribution in [1.29, 1.82) is 0 Å². The van der Waals surface area contributed by atoms with Gasteiger partial charge in [-0.1, -0.05) is 24.3 Å². The van der Waals surface area contributed by atoms with Crippen LogP contribution in [0.1, 0.15) is 19.8 Å². The molecule has 0 amide bonds.